The number of nitrogens with one attached hydrogen (secondary N) is 1. The fourth-order valence-electron chi connectivity index (χ4n) is 2.70. The summed E-state index contributed by atoms with van der Waals surface area (Å²) in [6.07, 6.45) is 5.00. The van der Waals surface area contributed by atoms with Crippen molar-refractivity contribution in [2.45, 2.75) is 52.0 Å². The highest BCUT2D eigenvalue weighted by Crippen LogP contribution is 2.16. The number of piperidine rings is 1. The van der Waals surface area contributed by atoms with Gasteiger partial charge in [-0.1, -0.05) is 18.0 Å². The van der Waals surface area contributed by atoms with Gasteiger partial charge in [-0.15, -0.1) is 0 Å². The molecule has 0 atom stereocenters. The van der Waals surface area contributed by atoms with Crippen LogP contribution in [-0.2, 0) is 0 Å². The molecule has 1 N–H and O–H groups in total. The first-order chi connectivity index (χ1) is 10.4. The van der Waals surface area contributed by atoms with Crippen LogP contribution in [0, 0.1) is 0 Å². The molecule has 1 aromatic rings. The summed E-state index contributed by atoms with van der Waals surface area (Å²) in [5, 5.41) is 4.22. The molecule has 0 bridgehead atoms. The van der Waals surface area contributed by atoms with Crippen LogP contribution >= 0.6 is 11.6 Å². The first-order valence-corrected chi connectivity index (χ1v) is 8.64. The number of benzene rings is 1. The van der Waals surface area contributed by atoms with Crippen LogP contribution < -0.4 is 5.32 Å². The van der Waals surface area contributed by atoms with E-state index in [0.717, 1.165) is 29.5 Å². The molecule has 0 saturated carbocycles. The van der Waals surface area contributed by atoms with Gasteiger partial charge in [0.1, 0.15) is 5.84 Å². The van der Waals surface area contributed by atoms with Crippen LogP contribution in [0.1, 0.15) is 46.5 Å². The van der Waals surface area contributed by atoms with Crippen molar-refractivity contribution in [1.82, 2.24) is 4.90 Å². The zero-order valence-corrected chi connectivity index (χ0v) is 14.8. The number of amidine groups is 1. The topological polar surface area (TPSA) is 27.6 Å². The van der Waals surface area contributed by atoms with E-state index in [-0.39, 0.29) is 5.54 Å². The summed E-state index contributed by atoms with van der Waals surface area (Å²) in [6.45, 7) is 9.94. The van der Waals surface area contributed by atoms with Crippen LogP contribution in [0.2, 0.25) is 5.02 Å². The van der Waals surface area contributed by atoms with E-state index < -0.39 is 0 Å². The Bertz CT molecular complexity index is 482. The monoisotopic (exact) mass is 321 g/mol. The predicted octanol–water partition coefficient (Wildman–Crippen LogP) is 4.82. The summed E-state index contributed by atoms with van der Waals surface area (Å²) in [5.74, 6) is 1.06. The Morgan fingerprint density at radius 2 is 1.77 bits per heavy atom. The first kappa shape index (κ1) is 17.3. The third kappa shape index (κ3) is 6.37. The molecule has 2 rings (SSSR count). The molecule has 0 aliphatic carbocycles. The van der Waals surface area contributed by atoms with E-state index in [1.807, 2.05) is 24.3 Å². The van der Waals surface area contributed by atoms with Gasteiger partial charge in [-0.05, 0) is 71.0 Å². The maximum Gasteiger partial charge on any atom is 0.103 e. The van der Waals surface area contributed by atoms with Crippen LogP contribution in [0.25, 0.3) is 0 Å². The third-order valence-electron chi connectivity index (χ3n) is 3.72. The molecule has 1 saturated heterocycles. The Kier molecular flexibility index (Phi) is 6.27. The largest absolute Gasteiger partial charge is 0.344 e. The summed E-state index contributed by atoms with van der Waals surface area (Å²) in [4.78, 5) is 7.40. The zero-order valence-electron chi connectivity index (χ0n) is 14.0. The molecular formula is C18H28ClN3. The van der Waals surface area contributed by atoms with Crippen LogP contribution in [0.15, 0.2) is 29.3 Å². The second-order valence-corrected chi connectivity index (χ2v) is 7.45. The van der Waals surface area contributed by atoms with E-state index >= 15 is 0 Å². The molecule has 4 heteroatoms. The maximum atomic E-state index is 5.95. The van der Waals surface area contributed by atoms with Gasteiger partial charge in [0.25, 0.3) is 0 Å². The lowest BCUT2D eigenvalue weighted by Gasteiger charge is -2.27. The summed E-state index contributed by atoms with van der Waals surface area (Å²) in [7, 11) is 0. The van der Waals surface area contributed by atoms with Gasteiger partial charge in [0, 0.05) is 23.7 Å². The summed E-state index contributed by atoms with van der Waals surface area (Å²) >= 11 is 5.95. The molecule has 1 aromatic carbocycles. The number of likely N-dealkylation sites (tertiary alicyclic amines) is 1. The van der Waals surface area contributed by atoms with Gasteiger partial charge in [-0.3, -0.25) is 4.99 Å². The lowest BCUT2D eigenvalue weighted by molar-refractivity contribution is 0.235. The molecule has 1 fully saturated rings. The van der Waals surface area contributed by atoms with E-state index in [1.54, 1.807) is 0 Å². The van der Waals surface area contributed by atoms with E-state index in [1.165, 1.54) is 32.4 Å². The van der Waals surface area contributed by atoms with Crippen molar-refractivity contribution in [3.8, 4) is 0 Å². The third-order valence-corrected chi connectivity index (χ3v) is 3.97. The fourth-order valence-corrected chi connectivity index (χ4v) is 2.82. The van der Waals surface area contributed by atoms with Gasteiger partial charge in [0.05, 0.1) is 5.54 Å². The van der Waals surface area contributed by atoms with Crippen LogP contribution in [0.3, 0.4) is 0 Å². The molecule has 122 valence electrons. The lowest BCUT2D eigenvalue weighted by atomic mass is 10.1. The van der Waals surface area contributed by atoms with Gasteiger partial charge >= 0.3 is 0 Å². The molecule has 3 nitrogen and oxygen atoms in total. The van der Waals surface area contributed by atoms with Crippen molar-refractivity contribution in [3.05, 3.63) is 29.3 Å². The van der Waals surface area contributed by atoms with E-state index in [2.05, 4.69) is 31.0 Å². The minimum absolute atomic E-state index is 0.0728. The molecule has 1 heterocycles. The van der Waals surface area contributed by atoms with Gasteiger partial charge < -0.3 is 10.2 Å². The van der Waals surface area contributed by atoms with Crippen molar-refractivity contribution in [1.29, 1.82) is 0 Å². The molecule has 0 spiro atoms. The van der Waals surface area contributed by atoms with Crippen LogP contribution in [-0.4, -0.2) is 35.9 Å². The average Bonchev–Trinajstić information content (AvgIpc) is 2.47. The second kappa shape index (κ2) is 7.98. The van der Waals surface area contributed by atoms with Crippen molar-refractivity contribution in [2.75, 3.05) is 25.0 Å². The van der Waals surface area contributed by atoms with Crippen molar-refractivity contribution in [2.24, 2.45) is 4.99 Å². The number of anilines is 1. The highest BCUT2D eigenvalue weighted by atomic mass is 35.5. The average molecular weight is 322 g/mol. The molecule has 0 aromatic heterocycles. The zero-order chi connectivity index (χ0) is 16.0. The number of hydrogen-bond donors (Lipinski definition) is 1. The Morgan fingerprint density at radius 1 is 1.14 bits per heavy atom. The molecule has 1 aliphatic heterocycles. The number of hydrogen-bond acceptors (Lipinski definition) is 2. The van der Waals surface area contributed by atoms with Gasteiger partial charge in [-0.2, -0.15) is 0 Å². The molecule has 0 radical (unpaired) electrons. The standard InChI is InChI=1S/C18H28ClN3/c1-18(2,3)21-17(11-14-22-12-5-4-6-13-22)20-16-9-7-15(19)8-10-16/h7-10H,4-6,11-14H2,1-3H3,(H,20,21). The highest BCUT2D eigenvalue weighted by molar-refractivity contribution is 6.30. The molecule has 1 aliphatic rings. The van der Waals surface area contributed by atoms with Crippen molar-refractivity contribution in [3.63, 3.8) is 0 Å². The normalized spacial score (nSPS) is 17.5. The van der Waals surface area contributed by atoms with Crippen molar-refractivity contribution < 1.29 is 0 Å². The Hall–Kier alpha value is -1.06. The van der Waals surface area contributed by atoms with Gasteiger partial charge in [0.2, 0.25) is 0 Å². The lowest BCUT2D eigenvalue weighted by Crippen LogP contribution is -2.33. The molecular weight excluding hydrogens is 294 g/mol. The Labute approximate surface area is 139 Å². The van der Waals surface area contributed by atoms with Crippen molar-refractivity contribution >= 4 is 23.1 Å². The summed E-state index contributed by atoms with van der Waals surface area (Å²) < 4.78 is 0. The molecule has 0 unspecified atom stereocenters. The molecule has 22 heavy (non-hydrogen) atoms. The van der Waals surface area contributed by atoms with E-state index in [0.29, 0.717) is 0 Å². The number of rotatable bonds is 4. The minimum Gasteiger partial charge on any atom is -0.344 e. The Morgan fingerprint density at radius 3 is 2.36 bits per heavy atom. The predicted molar refractivity (Wildman–Crippen MR) is 97.2 cm³/mol. The SMILES string of the molecule is CC(C)(C)N=C(CCN1CCCCC1)Nc1ccc(Cl)cc1. The van der Waals surface area contributed by atoms with E-state index in [4.69, 9.17) is 16.6 Å². The minimum atomic E-state index is -0.0728. The summed E-state index contributed by atoms with van der Waals surface area (Å²) in [5.41, 5.74) is 0.975. The number of nitrogens with zero attached hydrogens (tertiary/aromatic N) is 2. The maximum absolute atomic E-state index is 5.95. The highest BCUT2D eigenvalue weighted by Gasteiger charge is 2.14. The molecule has 0 amide bonds. The van der Waals surface area contributed by atoms with Crippen LogP contribution in [0.4, 0.5) is 5.69 Å². The van der Waals surface area contributed by atoms with Gasteiger partial charge in [-0.25, -0.2) is 0 Å². The van der Waals surface area contributed by atoms with Crippen LogP contribution in [0.5, 0.6) is 0 Å². The second-order valence-electron chi connectivity index (χ2n) is 7.01. The quantitative estimate of drug-likeness (QED) is 0.635. The Balaban J connectivity index is 1.99. The smallest absolute Gasteiger partial charge is 0.103 e. The number of halogens is 1. The number of aliphatic imine (C=N–C) groups is 1. The van der Waals surface area contributed by atoms with Gasteiger partial charge in [0.15, 0.2) is 0 Å². The van der Waals surface area contributed by atoms with E-state index in [9.17, 15) is 0 Å². The first-order valence-electron chi connectivity index (χ1n) is 8.26. The fraction of sp³-hybridized carbons (Fsp3) is 0.611. The summed E-state index contributed by atoms with van der Waals surface area (Å²) in [6, 6.07) is 7.81.